The number of methoxy groups -OCH3 is 1. The molecule has 52 heavy (non-hydrogen) atoms. The van der Waals surface area contributed by atoms with Crippen LogP contribution in [0.4, 0.5) is 24.7 Å². The van der Waals surface area contributed by atoms with Gasteiger partial charge in [-0.25, -0.2) is 14.8 Å². The number of fused-ring (bicyclic) bond motifs is 2. The number of aliphatic hydroxyl groups excluding tert-OH is 1. The Hall–Kier alpha value is -4.76. The summed E-state index contributed by atoms with van der Waals surface area (Å²) in [7, 11) is 4.13. The van der Waals surface area contributed by atoms with Crippen LogP contribution in [-0.2, 0) is 31.4 Å². The molecule has 272 valence electrons. The van der Waals surface area contributed by atoms with Gasteiger partial charge < -0.3 is 25.2 Å². The molecule has 1 fully saturated rings. The third-order valence-corrected chi connectivity index (χ3v) is 10.4. The first-order chi connectivity index (χ1) is 24.8. The summed E-state index contributed by atoms with van der Waals surface area (Å²) in [6.45, 7) is 2.65. The van der Waals surface area contributed by atoms with Crippen LogP contribution < -0.4 is 26.6 Å². The first-order valence-corrected chi connectivity index (χ1v) is 17.1. The highest BCUT2D eigenvalue weighted by atomic mass is 35.5. The van der Waals surface area contributed by atoms with Crippen molar-refractivity contribution in [2.24, 2.45) is 14.1 Å². The van der Waals surface area contributed by atoms with Crippen LogP contribution in [0.3, 0.4) is 0 Å². The molecule has 15 heteroatoms. The van der Waals surface area contributed by atoms with E-state index in [0.717, 1.165) is 33.1 Å². The lowest BCUT2D eigenvalue weighted by atomic mass is 9.96. The third kappa shape index (κ3) is 6.23. The van der Waals surface area contributed by atoms with E-state index in [9.17, 15) is 27.9 Å². The zero-order valence-electron chi connectivity index (χ0n) is 28.8. The van der Waals surface area contributed by atoms with E-state index >= 15 is 0 Å². The molecule has 7 rings (SSSR count). The highest BCUT2D eigenvalue weighted by molar-refractivity contribution is 6.36. The van der Waals surface area contributed by atoms with Crippen molar-refractivity contribution in [2.75, 3.05) is 25.6 Å². The topological polar surface area (TPSA) is 133 Å². The van der Waals surface area contributed by atoms with Gasteiger partial charge in [-0.15, -0.1) is 0 Å². The molecule has 2 aliphatic rings. The van der Waals surface area contributed by atoms with Gasteiger partial charge >= 0.3 is 11.9 Å². The maximum Gasteiger partial charge on any atom is 0.433 e. The van der Waals surface area contributed by atoms with Gasteiger partial charge in [-0.3, -0.25) is 13.9 Å². The van der Waals surface area contributed by atoms with E-state index in [-0.39, 0.29) is 28.8 Å². The molecule has 5 aromatic rings. The molecule has 1 saturated heterocycles. The summed E-state index contributed by atoms with van der Waals surface area (Å²) >= 11 is 7.13. The number of nitrogens with zero attached hydrogens (tertiary/aromatic N) is 4. The SMILES string of the molecule is COc1nc(-c2cccc(-c3cccc(Nc4nc(C(F)(F)F)cc5c4c(=O)n(C)c(=O)n5C)c3C)c2Cl)cc2c1[C@@H](N[C@@H]1CCOC[C@@H]1O)CC2. The quantitative estimate of drug-likeness (QED) is 0.189. The molecule has 0 radical (unpaired) electrons. The lowest BCUT2D eigenvalue weighted by molar-refractivity contribution is -0.141. The van der Waals surface area contributed by atoms with Crippen molar-refractivity contribution < 1.29 is 27.8 Å². The number of aromatic nitrogens is 4. The van der Waals surface area contributed by atoms with Crippen LogP contribution in [-0.4, -0.2) is 56.7 Å². The number of anilines is 2. The van der Waals surface area contributed by atoms with Crippen LogP contribution in [0.1, 0.15) is 41.3 Å². The molecule has 0 bridgehead atoms. The molecule has 0 spiro atoms. The second-order valence-electron chi connectivity index (χ2n) is 13.1. The number of rotatable bonds is 7. The van der Waals surface area contributed by atoms with Gasteiger partial charge in [-0.2, -0.15) is 13.2 Å². The number of nitrogens with one attached hydrogen (secondary N) is 2. The minimum absolute atomic E-state index is 0.0440. The number of halogens is 4. The molecular weight excluding hydrogens is 701 g/mol. The van der Waals surface area contributed by atoms with E-state index in [1.807, 2.05) is 30.3 Å². The molecule has 4 heterocycles. The number of hydrogen-bond acceptors (Lipinski definition) is 9. The zero-order valence-corrected chi connectivity index (χ0v) is 29.5. The van der Waals surface area contributed by atoms with Crippen LogP contribution >= 0.6 is 11.6 Å². The Labute approximate surface area is 301 Å². The number of hydrogen-bond donors (Lipinski definition) is 3. The standard InChI is InChI=1S/C37H36ClF3N6O5/c1-18-20(7-6-10-23(18)43-33-31-27(16-29(45-33)37(39,40)41)46(2)36(50)47(3)35(31)49)21-8-5-9-22(32(21)38)26-15-19-11-12-25(30(19)34(44-26)51-4)42-24-13-14-52-17-28(24)48/h5-10,15-16,24-25,28,42,48H,11-14,17H2,1-4H3,(H,43,45)/t24-,25+,28+/m1/s1. The van der Waals surface area contributed by atoms with E-state index in [2.05, 4.69) is 15.6 Å². The van der Waals surface area contributed by atoms with Crippen molar-refractivity contribution in [3.05, 3.63) is 96.8 Å². The highest BCUT2D eigenvalue weighted by Crippen LogP contribution is 2.44. The van der Waals surface area contributed by atoms with E-state index in [1.54, 1.807) is 26.2 Å². The van der Waals surface area contributed by atoms with Crippen molar-refractivity contribution in [1.82, 2.24) is 24.4 Å². The minimum atomic E-state index is -4.84. The fourth-order valence-electron chi connectivity index (χ4n) is 7.20. The summed E-state index contributed by atoms with van der Waals surface area (Å²) in [4.78, 5) is 34.5. The van der Waals surface area contributed by atoms with Crippen molar-refractivity contribution in [1.29, 1.82) is 0 Å². The number of benzene rings is 2. The number of alkyl halides is 3. The third-order valence-electron chi connectivity index (χ3n) is 9.99. The Balaban J connectivity index is 1.27. The predicted molar refractivity (Wildman–Crippen MR) is 191 cm³/mol. The summed E-state index contributed by atoms with van der Waals surface area (Å²) in [5, 5.41) is 17.2. The molecule has 0 saturated carbocycles. The summed E-state index contributed by atoms with van der Waals surface area (Å²) in [5.41, 5.74) is 2.62. The van der Waals surface area contributed by atoms with Crippen LogP contribution in [0, 0.1) is 6.92 Å². The van der Waals surface area contributed by atoms with Crippen molar-refractivity contribution in [2.45, 2.75) is 50.6 Å². The van der Waals surface area contributed by atoms with Crippen molar-refractivity contribution >= 4 is 34.0 Å². The largest absolute Gasteiger partial charge is 0.481 e. The van der Waals surface area contributed by atoms with Crippen molar-refractivity contribution in [3.63, 3.8) is 0 Å². The van der Waals surface area contributed by atoms with Gasteiger partial charge in [0, 0.05) is 55.2 Å². The maximum absolute atomic E-state index is 14.0. The van der Waals surface area contributed by atoms with Gasteiger partial charge in [-0.05, 0) is 61.1 Å². The smallest absolute Gasteiger partial charge is 0.433 e. The van der Waals surface area contributed by atoms with Gasteiger partial charge in [0.25, 0.3) is 5.56 Å². The minimum Gasteiger partial charge on any atom is -0.481 e. The molecule has 3 atom stereocenters. The first-order valence-electron chi connectivity index (χ1n) is 16.7. The Kier molecular flexibility index (Phi) is 9.36. The van der Waals surface area contributed by atoms with E-state index in [4.69, 9.17) is 26.1 Å². The predicted octanol–water partition coefficient (Wildman–Crippen LogP) is 5.82. The Morgan fingerprint density at radius 3 is 2.48 bits per heavy atom. The van der Waals surface area contributed by atoms with Gasteiger partial charge in [0.05, 0.1) is 36.1 Å². The van der Waals surface area contributed by atoms with Crippen molar-refractivity contribution in [3.8, 4) is 28.3 Å². The lowest BCUT2D eigenvalue weighted by Gasteiger charge is -2.31. The Morgan fingerprint density at radius 1 is 1.02 bits per heavy atom. The van der Waals surface area contributed by atoms with E-state index in [0.29, 0.717) is 70.2 Å². The summed E-state index contributed by atoms with van der Waals surface area (Å²) < 4.78 is 54.9. The van der Waals surface area contributed by atoms with Crippen LogP contribution in [0.5, 0.6) is 5.88 Å². The maximum atomic E-state index is 14.0. The summed E-state index contributed by atoms with van der Waals surface area (Å²) in [5.74, 6) is 0.132. The Bertz CT molecular complexity index is 2340. The fourth-order valence-corrected chi connectivity index (χ4v) is 7.52. The first kappa shape index (κ1) is 35.6. The van der Waals surface area contributed by atoms with Gasteiger partial charge in [-0.1, -0.05) is 41.9 Å². The molecule has 1 aliphatic heterocycles. The van der Waals surface area contributed by atoms with Crippen LogP contribution in [0.25, 0.3) is 33.3 Å². The normalized spacial score (nSPS) is 18.8. The number of aliphatic hydroxyl groups is 1. The highest BCUT2D eigenvalue weighted by Gasteiger charge is 2.35. The molecule has 2 aromatic carbocycles. The molecule has 0 unspecified atom stereocenters. The van der Waals surface area contributed by atoms with Crippen LogP contribution in [0.15, 0.2) is 58.1 Å². The van der Waals surface area contributed by atoms with Gasteiger partial charge in [0.15, 0.2) is 0 Å². The number of aryl methyl sites for hydroxylation is 2. The molecule has 3 aromatic heterocycles. The molecule has 0 amide bonds. The summed E-state index contributed by atoms with van der Waals surface area (Å²) in [6.07, 6.45) is -3.15. The number of pyridine rings is 2. The molecule has 11 nitrogen and oxygen atoms in total. The second-order valence-corrected chi connectivity index (χ2v) is 13.5. The van der Waals surface area contributed by atoms with Gasteiger partial charge in [0.1, 0.15) is 16.9 Å². The number of ether oxygens (including phenoxy) is 2. The van der Waals surface area contributed by atoms with Crippen LogP contribution in [0.2, 0.25) is 5.02 Å². The van der Waals surface area contributed by atoms with E-state index < -0.39 is 29.2 Å². The summed E-state index contributed by atoms with van der Waals surface area (Å²) in [6, 6.07) is 13.3. The average Bonchev–Trinajstić information content (AvgIpc) is 3.53. The average molecular weight is 737 g/mol. The monoisotopic (exact) mass is 736 g/mol. The second kappa shape index (κ2) is 13.7. The molecule has 1 aliphatic carbocycles. The fraction of sp³-hybridized carbons (Fsp3) is 0.351. The lowest BCUT2D eigenvalue weighted by Crippen LogP contribution is -2.47. The van der Waals surface area contributed by atoms with E-state index in [1.165, 1.54) is 14.1 Å². The molecule has 3 N–H and O–H groups in total. The van der Waals surface area contributed by atoms with Gasteiger partial charge in [0.2, 0.25) is 5.88 Å². The Morgan fingerprint density at radius 2 is 1.75 bits per heavy atom. The molecular formula is C37H36ClF3N6O5. The zero-order chi connectivity index (χ0) is 37.1.